The number of nitrogens with one attached hydrogen (secondary N) is 1. The van der Waals surface area contributed by atoms with E-state index >= 15 is 0 Å². The Morgan fingerprint density at radius 2 is 1.60 bits per heavy atom. The van der Waals surface area contributed by atoms with Gasteiger partial charge >= 0.3 is 0 Å². The lowest BCUT2D eigenvalue weighted by Gasteiger charge is -2.24. The molecule has 0 radical (unpaired) electrons. The Balaban J connectivity index is 1.90. The van der Waals surface area contributed by atoms with Gasteiger partial charge in [-0.1, -0.05) is 70.0 Å². The van der Waals surface area contributed by atoms with Gasteiger partial charge in [0.25, 0.3) is 5.91 Å². The average Bonchev–Trinajstić information content (AvgIpc) is 3.17. The zero-order chi connectivity index (χ0) is 25.9. The maximum Gasteiger partial charge on any atom is 0.254 e. The quantitative estimate of drug-likeness (QED) is 0.468. The monoisotopic (exact) mass is 474 g/mol. The predicted molar refractivity (Wildman–Crippen MR) is 142 cm³/mol. The first-order chi connectivity index (χ1) is 16.3. The molecular weight excluding hydrogens is 436 g/mol. The SMILES string of the molecule is Cc1ccc(C(=O)N(CC(=O)Nc2cc(C(C)(C)C)nn2-c2ccc(C)cc2C)CC(C)C)cc1. The number of aryl methyl sites for hydroxylation is 3. The molecule has 0 saturated heterocycles. The predicted octanol–water partition coefficient (Wildman–Crippen LogP) is 5.83. The van der Waals surface area contributed by atoms with Crippen LogP contribution in [0.1, 0.15) is 67.4 Å². The zero-order valence-electron chi connectivity index (χ0n) is 22.3. The van der Waals surface area contributed by atoms with Crippen molar-refractivity contribution in [2.75, 3.05) is 18.4 Å². The summed E-state index contributed by atoms with van der Waals surface area (Å²) >= 11 is 0. The first kappa shape index (κ1) is 26.2. The molecule has 0 aliphatic carbocycles. The van der Waals surface area contributed by atoms with Gasteiger partial charge in [-0.3, -0.25) is 9.59 Å². The van der Waals surface area contributed by atoms with Crippen LogP contribution in [0.25, 0.3) is 5.69 Å². The van der Waals surface area contributed by atoms with Crippen LogP contribution in [0.2, 0.25) is 0 Å². The summed E-state index contributed by atoms with van der Waals surface area (Å²) in [5.74, 6) is 0.425. The van der Waals surface area contributed by atoms with E-state index in [9.17, 15) is 9.59 Å². The van der Waals surface area contributed by atoms with Crippen LogP contribution in [0.3, 0.4) is 0 Å². The van der Waals surface area contributed by atoms with Crippen molar-refractivity contribution in [2.45, 2.75) is 60.8 Å². The maximum atomic E-state index is 13.2. The molecule has 0 bridgehead atoms. The highest BCUT2D eigenvalue weighted by molar-refractivity contribution is 5.99. The van der Waals surface area contributed by atoms with Crippen LogP contribution in [0.4, 0.5) is 5.82 Å². The fourth-order valence-corrected chi connectivity index (χ4v) is 3.96. The lowest BCUT2D eigenvalue weighted by atomic mass is 9.92. The van der Waals surface area contributed by atoms with Crippen LogP contribution in [0.5, 0.6) is 0 Å². The van der Waals surface area contributed by atoms with Crippen LogP contribution >= 0.6 is 0 Å². The molecule has 6 heteroatoms. The number of rotatable bonds is 7. The van der Waals surface area contributed by atoms with E-state index in [0.717, 1.165) is 22.5 Å². The molecule has 1 aromatic heterocycles. The molecule has 0 aliphatic rings. The molecule has 0 spiro atoms. The molecule has 6 nitrogen and oxygen atoms in total. The number of aromatic nitrogens is 2. The molecule has 0 fully saturated rings. The summed E-state index contributed by atoms with van der Waals surface area (Å²) in [7, 11) is 0. The first-order valence-electron chi connectivity index (χ1n) is 12.2. The Kier molecular flexibility index (Phi) is 7.83. The third-order valence-corrected chi connectivity index (χ3v) is 5.83. The third-order valence-electron chi connectivity index (χ3n) is 5.83. The molecule has 0 atom stereocenters. The minimum absolute atomic E-state index is 0.0339. The van der Waals surface area contributed by atoms with Gasteiger partial charge in [-0.15, -0.1) is 0 Å². The largest absolute Gasteiger partial charge is 0.329 e. The summed E-state index contributed by atoms with van der Waals surface area (Å²) in [4.78, 5) is 28.1. The molecule has 3 rings (SSSR count). The van der Waals surface area contributed by atoms with Gasteiger partial charge in [0, 0.05) is 23.6 Å². The number of hydrogen-bond donors (Lipinski definition) is 1. The summed E-state index contributed by atoms with van der Waals surface area (Å²) in [5, 5.41) is 7.87. The summed E-state index contributed by atoms with van der Waals surface area (Å²) < 4.78 is 1.79. The molecule has 1 heterocycles. The Bertz CT molecular complexity index is 1200. The summed E-state index contributed by atoms with van der Waals surface area (Å²) in [6.07, 6.45) is 0. The Morgan fingerprint density at radius 1 is 0.971 bits per heavy atom. The van der Waals surface area contributed by atoms with Crippen molar-refractivity contribution in [3.8, 4) is 5.69 Å². The van der Waals surface area contributed by atoms with Gasteiger partial charge in [0.05, 0.1) is 11.4 Å². The van der Waals surface area contributed by atoms with Crippen molar-refractivity contribution in [1.29, 1.82) is 0 Å². The van der Waals surface area contributed by atoms with Gasteiger partial charge in [-0.05, 0) is 50.5 Å². The van der Waals surface area contributed by atoms with Gasteiger partial charge in [0.2, 0.25) is 5.91 Å². The van der Waals surface area contributed by atoms with Crippen LogP contribution in [0, 0.1) is 26.7 Å². The van der Waals surface area contributed by atoms with Gasteiger partial charge in [0.1, 0.15) is 12.4 Å². The number of amides is 2. The Labute approximate surface area is 209 Å². The second kappa shape index (κ2) is 10.5. The molecule has 35 heavy (non-hydrogen) atoms. The van der Waals surface area contributed by atoms with Crippen molar-refractivity contribution < 1.29 is 9.59 Å². The van der Waals surface area contributed by atoms with Crippen molar-refractivity contribution in [1.82, 2.24) is 14.7 Å². The second-order valence-electron chi connectivity index (χ2n) is 10.9. The standard InChI is InChI=1S/C29H38N4O2/c1-19(2)17-32(28(35)23-12-9-20(3)10-13-23)18-27(34)30-26-16-25(29(6,7)8)31-33(26)24-14-11-21(4)15-22(24)5/h9-16,19H,17-18H2,1-8H3,(H,30,34). The number of nitrogens with zero attached hydrogens (tertiary/aromatic N) is 3. The van der Waals surface area contributed by atoms with E-state index in [1.807, 2.05) is 70.2 Å². The van der Waals surface area contributed by atoms with Crippen LogP contribution in [-0.2, 0) is 10.2 Å². The van der Waals surface area contributed by atoms with Gasteiger partial charge < -0.3 is 10.2 Å². The lowest BCUT2D eigenvalue weighted by Crippen LogP contribution is -2.40. The smallest absolute Gasteiger partial charge is 0.254 e. The number of anilines is 1. The fraction of sp³-hybridized carbons (Fsp3) is 0.414. The van der Waals surface area contributed by atoms with Crippen LogP contribution in [0.15, 0.2) is 48.5 Å². The van der Waals surface area contributed by atoms with E-state index < -0.39 is 0 Å². The van der Waals surface area contributed by atoms with Gasteiger partial charge in [-0.25, -0.2) is 4.68 Å². The van der Waals surface area contributed by atoms with Gasteiger partial charge in [-0.2, -0.15) is 5.10 Å². The third kappa shape index (κ3) is 6.59. The zero-order valence-corrected chi connectivity index (χ0v) is 22.3. The second-order valence-corrected chi connectivity index (χ2v) is 10.9. The maximum absolute atomic E-state index is 13.2. The molecular formula is C29H38N4O2. The first-order valence-corrected chi connectivity index (χ1v) is 12.2. The van der Waals surface area contributed by atoms with E-state index in [-0.39, 0.29) is 29.7 Å². The summed E-state index contributed by atoms with van der Waals surface area (Å²) in [6, 6.07) is 15.5. The highest BCUT2D eigenvalue weighted by atomic mass is 16.2. The number of hydrogen-bond acceptors (Lipinski definition) is 3. The van der Waals surface area contributed by atoms with Crippen molar-refractivity contribution in [3.63, 3.8) is 0 Å². The molecule has 1 N–H and O–H groups in total. The number of benzene rings is 2. The van der Waals surface area contributed by atoms with E-state index in [1.54, 1.807) is 9.58 Å². The van der Waals surface area contributed by atoms with E-state index in [0.29, 0.717) is 17.9 Å². The normalized spacial score (nSPS) is 11.6. The topological polar surface area (TPSA) is 67.2 Å². The number of carbonyl (C=O) groups is 2. The summed E-state index contributed by atoms with van der Waals surface area (Å²) in [5.41, 5.74) is 5.51. The Morgan fingerprint density at radius 3 is 2.17 bits per heavy atom. The fourth-order valence-electron chi connectivity index (χ4n) is 3.96. The summed E-state index contributed by atoms with van der Waals surface area (Å²) in [6.45, 7) is 16.9. The van der Waals surface area contributed by atoms with Crippen molar-refractivity contribution >= 4 is 17.6 Å². The highest BCUT2D eigenvalue weighted by Gasteiger charge is 2.24. The Hall–Kier alpha value is -3.41. The van der Waals surface area contributed by atoms with Gasteiger partial charge in [0.15, 0.2) is 0 Å². The van der Waals surface area contributed by atoms with Crippen LogP contribution < -0.4 is 5.32 Å². The number of carbonyl (C=O) groups excluding carboxylic acids is 2. The molecule has 186 valence electrons. The van der Waals surface area contributed by atoms with Crippen LogP contribution in [-0.4, -0.2) is 39.6 Å². The molecule has 2 amide bonds. The van der Waals surface area contributed by atoms with E-state index in [4.69, 9.17) is 5.10 Å². The highest BCUT2D eigenvalue weighted by Crippen LogP contribution is 2.28. The lowest BCUT2D eigenvalue weighted by molar-refractivity contribution is -0.117. The minimum atomic E-state index is -0.252. The molecule has 0 unspecified atom stereocenters. The molecule has 0 aliphatic heterocycles. The van der Waals surface area contributed by atoms with Crippen molar-refractivity contribution in [2.24, 2.45) is 5.92 Å². The minimum Gasteiger partial charge on any atom is -0.329 e. The van der Waals surface area contributed by atoms with E-state index in [2.05, 4.69) is 39.1 Å². The molecule has 2 aromatic carbocycles. The van der Waals surface area contributed by atoms with E-state index in [1.165, 1.54) is 5.56 Å². The average molecular weight is 475 g/mol. The molecule has 0 saturated carbocycles. The molecule has 3 aromatic rings. The van der Waals surface area contributed by atoms with Crippen molar-refractivity contribution in [3.05, 3.63) is 76.5 Å².